The minimum Gasteiger partial charge on any atom is -0.394 e. The summed E-state index contributed by atoms with van der Waals surface area (Å²) in [5.74, 6) is -0.189. The van der Waals surface area contributed by atoms with Crippen LogP contribution in [0.2, 0.25) is 5.02 Å². The fourth-order valence-corrected chi connectivity index (χ4v) is 1.46. The minimum absolute atomic E-state index is 0.0711. The Morgan fingerprint density at radius 1 is 1.60 bits per heavy atom. The Morgan fingerprint density at radius 3 is 2.80 bits per heavy atom. The second-order valence-corrected chi connectivity index (χ2v) is 3.95. The van der Waals surface area contributed by atoms with Crippen LogP contribution in [0.3, 0.4) is 0 Å². The average molecular weight is 228 g/mol. The summed E-state index contributed by atoms with van der Waals surface area (Å²) in [4.78, 5) is 11.7. The minimum atomic E-state index is -0.243. The molecule has 3 nitrogen and oxygen atoms in total. The molecule has 0 aromatic heterocycles. The molecular weight excluding hydrogens is 214 g/mol. The third-order valence-corrected chi connectivity index (χ3v) is 2.32. The van der Waals surface area contributed by atoms with E-state index in [0.717, 1.165) is 5.56 Å². The molecule has 0 aliphatic carbocycles. The number of hydrogen-bond acceptors (Lipinski definition) is 2. The predicted octanol–water partition coefficient (Wildman–Crippen LogP) is 1.76. The van der Waals surface area contributed by atoms with Crippen LogP contribution in [-0.4, -0.2) is 23.7 Å². The van der Waals surface area contributed by atoms with Gasteiger partial charge in [0.1, 0.15) is 0 Å². The van der Waals surface area contributed by atoms with Crippen molar-refractivity contribution in [3.05, 3.63) is 34.3 Å². The van der Waals surface area contributed by atoms with Gasteiger partial charge in [0, 0.05) is 16.6 Å². The Kier molecular flexibility index (Phi) is 4.12. The van der Waals surface area contributed by atoms with E-state index in [9.17, 15) is 4.79 Å². The van der Waals surface area contributed by atoms with E-state index < -0.39 is 0 Å². The van der Waals surface area contributed by atoms with Gasteiger partial charge in [0.15, 0.2) is 0 Å². The SMILES string of the molecule is Cc1cc(Cl)ccc1C(=O)NC(C)CO. The number of aliphatic hydroxyl groups is 1. The van der Waals surface area contributed by atoms with Crippen molar-refractivity contribution in [3.63, 3.8) is 0 Å². The average Bonchev–Trinajstić information content (AvgIpc) is 2.17. The van der Waals surface area contributed by atoms with Crippen molar-refractivity contribution in [2.24, 2.45) is 0 Å². The molecule has 15 heavy (non-hydrogen) atoms. The molecule has 0 spiro atoms. The van der Waals surface area contributed by atoms with Crippen molar-refractivity contribution in [2.45, 2.75) is 19.9 Å². The van der Waals surface area contributed by atoms with Gasteiger partial charge in [-0.2, -0.15) is 0 Å². The number of nitrogens with one attached hydrogen (secondary N) is 1. The molecule has 0 fully saturated rings. The van der Waals surface area contributed by atoms with E-state index in [1.807, 2.05) is 6.92 Å². The second-order valence-electron chi connectivity index (χ2n) is 3.52. The number of benzene rings is 1. The van der Waals surface area contributed by atoms with Crippen molar-refractivity contribution in [2.75, 3.05) is 6.61 Å². The zero-order valence-corrected chi connectivity index (χ0v) is 9.51. The summed E-state index contributed by atoms with van der Waals surface area (Å²) < 4.78 is 0. The largest absolute Gasteiger partial charge is 0.394 e. The molecule has 1 atom stereocenters. The van der Waals surface area contributed by atoms with Crippen LogP contribution < -0.4 is 5.32 Å². The molecule has 0 heterocycles. The van der Waals surface area contributed by atoms with Gasteiger partial charge in [0.2, 0.25) is 0 Å². The Hall–Kier alpha value is -1.06. The van der Waals surface area contributed by atoms with Gasteiger partial charge in [-0.3, -0.25) is 4.79 Å². The molecule has 1 rings (SSSR count). The third kappa shape index (κ3) is 3.22. The van der Waals surface area contributed by atoms with Crippen LogP contribution in [0.25, 0.3) is 0 Å². The van der Waals surface area contributed by atoms with Crippen molar-refractivity contribution >= 4 is 17.5 Å². The molecule has 82 valence electrons. The predicted molar refractivity (Wildman–Crippen MR) is 60.2 cm³/mol. The number of carbonyl (C=O) groups excluding carboxylic acids is 1. The van der Waals surface area contributed by atoms with Gasteiger partial charge in [0.25, 0.3) is 5.91 Å². The lowest BCUT2D eigenvalue weighted by Crippen LogP contribution is -2.35. The van der Waals surface area contributed by atoms with Gasteiger partial charge in [0.05, 0.1) is 6.61 Å². The van der Waals surface area contributed by atoms with Crippen molar-refractivity contribution in [3.8, 4) is 0 Å². The van der Waals surface area contributed by atoms with E-state index >= 15 is 0 Å². The molecule has 0 radical (unpaired) electrons. The first-order valence-corrected chi connectivity index (χ1v) is 5.10. The molecule has 1 unspecified atom stereocenters. The highest BCUT2D eigenvalue weighted by Gasteiger charge is 2.11. The highest BCUT2D eigenvalue weighted by molar-refractivity contribution is 6.30. The fraction of sp³-hybridized carbons (Fsp3) is 0.364. The molecule has 1 aromatic rings. The first-order chi connectivity index (χ1) is 7.04. The van der Waals surface area contributed by atoms with E-state index in [0.29, 0.717) is 10.6 Å². The maximum atomic E-state index is 11.7. The van der Waals surface area contributed by atoms with Gasteiger partial charge >= 0.3 is 0 Å². The Morgan fingerprint density at radius 2 is 2.27 bits per heavy atom. The van der Waals surface area contributed by atoms with Crippen molar-refractivity contribution < 1.29 is 9.90 Å². The van der Waals surface area contributed by atoms with E-state index in [2.05, 4.69) is 5.32 Å². The summed E-state index contributed by atoms with van der Waals surface area (Å²) >= 11 is 5.78. The number of halogens is 1. The van der Waals surface area contributed by atoms with Crippen LogP contribution in [-0.2, 0) is 0 Å². The lowest BCUT2D eigenvalue weighted by Gasteiger charge is -2.12. The highest BCUT2D eigenvalue weighted by atomic mass is 35.5. The van der Waals surface area contributed by atoms with Crippen molar-refractivity contribution in [1.29, 1.82) is 0 Å². The van der Waals surface area contributed by atoms with E-state index in [4.69, 9.17) is 16.7 Å². The smallest absolute Gasteiger partial charge is 0.251 e. The normalized spacial score (nSPS) is 12.3. The van der Waals surface area contributed by atoms with E-state index in [1.165, 1.54) is 0 Å². The van der Waals surface area contributed by atoms with Gasteiger partial charge in [-0.1, -0.05) is 11.6 Å². The number of carbonyl (C=O) groups is 1. The van der Waals surface area contributed by atoms with E-state index in [-0.39, 0.29) is 18.6 Å². The quantitative estimate of drug-likeness (QED) is 0.827. The molecule has 1 amide bonds. The zero-order chi connectivity index (χ0) is 11.4. The van der Waals surface area contributed by atoms with Crippen LogP contribution in [0.1, 0.15) is 22.8 Å². The fourth-order valence-electron chi connectivity index (χ4n) is 1.23. The summed E-state index contributed by atoms with van der Waals surface area (Å²) in [6.07, 6.45) is 0. The van der Waals surface area contributed by atoms with Gasteiger partial charge in [-0.15, -0.1) is 0 Å². The number of amides is 1. The standard InChI is InChI=1S/C11H14ClNO2/c1-7-5-9(12)3-4-10(7)11(15)13-8(2)6-14/h3-5,8,14H,6H2,1-2H3,(H,13,15). The summed E-state index contributed by atoms with van der Waals surface area (Å²) in [7, 11) is 0. The molecule has 0 saturated carbocycles. The zero-order valence-electron chi connectivity index (χ0n) is 8.75. The van der Waals surface area contributed by atoms with Crippen LogP contribution >= 0.6 is 11.6 Å². The van der Waals surface area contributed by atoms with Crippen LogP contribution in [0.15, 0.2) is 18.2 Å². The van der Waals surface area contributed by atoms with Gasteiger partial charge in [-0.25, -0.2) is 0 Å². The van der Waals surface area contributed by atoms with E-state index in [1.54, 1.807) is 25.1 Å². The number of hydrogen-bond donors (Lipinski definition) is 2. The summed E-state index contributed by atoms with van der Waals surface area (Å²) in [5.41, 5.74) is 1.41. The number of rotatable bonds is 3. The number of aliphatic hydroxyl groups excluding tert-OH is 1. The summed E-state index contributed by atoms with van der Waals surface area (Å²) in [6, 6.07) is 4.84. The third-order valence-electron chi connectivity index (χ3n) is 2.08. The van der Waals surface area contributed by atoms with Crippen LogP contribution in [0, 0.1) is 6.92 Å². The molecule has 0 aliphatic heterocycles. The molecule has 2 N–H and O–H groups in total. The number of aryl methyl sites for hydroxylation is 1. The molecule has 0 aliphatic rings. The van der Waals surface area contributed by atoms with Gasteiger partial charge in [-0.05, 0) is 37.6 Å². The Bertz CT molecular complexity index is 366. The second kappa shape index (κ2) is 5.14. The highest BCUT2D eigenvalue weighted by Crippen LogP contribution is 2.15. The lowest BCUT2D eigenvalue weighted by atomic mass is 10.1. The van der Waals surface area contributed by atoms with Gasteiger partial charge < -0.3 is 10.4 Å². The maximum Gasteiger partial charge on any atom is 0.251 e. The van der Waals surface area contributed by atoms with Crippen LogP contribution in [0.5, 0.6) is 0 Å². The summed E-state index contributed by atoms with van der Waals surface area (Å²) in [6.45, 7) is 3.49. The Labute approximate surface area is 94.1 Å². The molecule has 4 heteroatoms. The lowest BCUT2D eigenvalue weighted by molar-refractivity contribution is 0.0921. The first kappa shape index (κ1) is 12.0. The molecule has 0 bridgehead atoms. The topological polar surface area (TPSA) is 49.3 Å². The molecular formula is C11H14ClNO2. The van der Waals surface area contributed by atoms with Crippen LogP contribution in [0.4, 0.5) is 0 Å². The molecule has 1 aromatic carbocycles. The van der Waals surface area contributed by atoms with Crippen molar-refractivity contribution in [1.82, 2.24) is 5.32 Å². The Balaban J connectivity index is 2.82. The monoisotopic (exact) mass is 227 g/mol. The molecule has 0 saturated heterocycles. The maximum absolute atomic E-state index is 11.7. The first-order valence-electron chi connectivity index (χ1n) is 4.72. The summed E-state index contributed by atoms with van der Waals surface area (Å²) in [5, 5.41) is 12.1.